The van der Waals surface area contributed by atoms with Gasteiger partial charge < -0.3 is 19.3 Å². The number of methoxy groups -OCH3 is 2. The first kappa shape index (κ1) is 24.7. The minimum atomic E-state index is 0.0239. The summed E-state index contributed by atoms with van der Waals surface area (Å²) in [6.07, 6.45) is 2.49. The molecule has 1 aromatic heterocycles. The quantitative estimate of drug-likeness (QED) is 0.483. The zero-order valence-corrected chi connectivity index (χ0v) is 20.9. The van der Waals surface area contributed by atoms with Crippen LogP contribution in [0.15, 0.2) is 47.0 Å². The molecule has 186 valence electrons. The minimum Gasteiger partial charge on any atom is -0.493 e. The van der Waals surface area contributed by atoms with Gasteiger partial charge in [0.15, 0.2) is 11.5 Å². The Morgan fingerprint density at radius 2 is 1.83 bits per heavy atom. The van der Waals surface area contributed by atoms with Crippen LogP contribution in [0.3, 0.4) is 0 Å². The van der Waals surface area contributed by atoms with Gasteiger partial charge in [0.05, 0.1) is 26.8 Å². The monoisotopic (exact) mass is 478 g/mol. The van der Waals surface area contributed by atoms with Crippen LogP contribution < -0.4 is 14.8 Å². The van der Waals surface area contributed by atoms with E-state index in [0.29, 0.717) is 29.8 Å². The average Bonchev–Trinajstić information content (AvgIpc) is 3.36. The minimum absolute atomic E-state index is 0.0239. The van der Waals surface area contributed by atoms with Crippen molar-refractivity contribution >= 4 is 5.91 Å². The van der Waals surface area contributed by atoms with Crippen LogP contribution in [0.1, 0.15) is 49.2 Å². The van der Waals surface area contributed by atoms with Gasteiger partial charge >= 0.3 is 0 Å². The highest BCUT2D eigenvalue weighted by atomic mass is 16.5. The van der Waals surface area contributed by atoms with Crippen LogP contribution in [0.2, 0.25) is 0 Å². The van der Waals surface area contributed by atoms with Crippen molar-refractivity contribution in [1.29, 1.82) is 0 Å². The van der Waals surface area contributed by atoms with Crippen molar-refractivity contribution in [2.24, 2.45) is 5.92 Å². The van der Waals surface area contributed by atoms with Gasteiger partial charge in [-0.05, 0) is 63.0 Å². The summed E-state index contributed by atoms with van der Waals surface area (Å²) in [5.74, 6) is 2.50. The molecule has 1 atom stereocenters. The van der Waals surface area contributed by atoms with Crippen molar-refractivity contribution in [2.45, 2.75) is 45.7 Å². The van der Waals surface area contributed by atoms with E-state index in [1.807, 2.05) is 18.2 Å². The second-order valence-corrected chi connectivity index (χ2v) is 9.01. The number of nitrogens with one attached hydrogen (secondary N) is 1. The van der Waals surface area contributed by atoms with Crippen molar-refractivity contribution in [3.05, 3.63) is 59.5 Å². The molecule has 4 rings (SSSR count). The highest BCUT2D eigenvalue weighted by Gasteiger charge is 2.27. The SMILES string of the molecule is CCC(NC(=O)C1CCN(Cc2nc(-c3ccc(OC)c(OC)c3)no2)CC1)c1ccc(C)cc1. The molecular weight excluding hydrogens is 444 g/mol. The van der Waals surface area contributed by atoms with E-state index in [-0.39, 0.29) is 17.9 Å². The third kappa shape index (κ3) is 6.00. The van der Waals surface area contributed by atoms with E-state index >= 15 is 0 Å². The Labute approximate surface area is 206 Å². The van der Waals surface area contributed by atoms with Gasteiger partial charge in [-0.2, -0.15) is 4.98 Å². The van der Waals surface area contributed by atoms with Crippen LogP contribution in [-0.4, -0.2) is 48.3 Å². The first-order valence-corrected chi connectivity index (χ1v) is 12.1. The first-order chi connectivity index (χ1) is 17.0. The lowest BCUT2D eigenvalue weighted by Crippen LogP contribution is -2.41. The molecule has 0 aliphatic carbocycles. The van der Waals surface area contributed by atoms with Crippen LogP contribution in [0.25, 0.3) is 11.4 Å². The topological polar surface area (TPSA) is 89.7 Å². The van der Waals surface area contributed by atoms with E-state index in [1.165, 1.54) is 5.56 Å². The Bertz CT molecular complexity index is 1120. The van der Waals surface area contributed by atoms with E-state index in [4.69, 9.17) is 14.0 Å². The molecule has 1 saturated heterocycles. The number of carbonyl (C=O) groups is 1. The van der Waals surface area contributed by atoms with Crippen molar-refractivity contribution < 1.29 is 18.8 Å². The Morgan fingerprint density at radius 1 is 1.11 bits per heavy atom. The molecule has 1 N–H and O–H groups in total. The van der Waals surface area contributed by atoms with Crippen LogP contribution >= 0.6 is 0 Å². The number of aromatic nitrogens is 2. The molecule has 0 bridgehead atoms. The zero-order chi connectivity index (χ0) is 24.8. The molecule has 35 heavy (non-hydrogen) atoms. The Morgan fingerprint density at radius 3 is 2.49 bits per heavy atom. The number of hydrogen-bond acceptors (Lipinski definition) is 7. The van der Waals surface area contributed by atoms with E-state index in [9.17, 15) is 4.79 Å². The van der Waals surface area contributed by atoms with Crippen molar-refractivity contribution in [3.8, 4) is 22.9 Å². The summed E-state index contributed by atoms with van der Waals surface area (Å²) in [5.41, 5.74) is 3.18. The molecule has 0 saturated carbocycles. The molecule has 1 aliphatic rings. The number of amides is 1. The molecule has 1 fully saturated rings. The summed E-state index contributed by atoms with van der Waals surface area (Å²) < 4.78 is 16.1. The molecule has 2 heterocycles. The summed E-state index contributed by atoms with van der Waals surface area (Å²) in [6, 6.07) is 14.0. The summed E-state index contributed by atoms with van der Waals surface area (Å²) in [5, 5.41) is 7.39. The number of hydrogen-bond donors (Lipinski definition) is 1. The first-order valence-electron chi connectivity index (χ1n) is 12.1. The average molecular weight is 479 g/mol. The number of piperidine rings is 1. The number of carbonyl (C=O) groups excluding carboxylic acids is 1. The number of nitrogens with zero attached hydrogens (tertiary/aromatic N) is 3. The van der Waals surface area contributed by atoms with Gasteiger partial charge in [0, 0.05) is 11.5 Å². The summed E-state index contributed by atoms with van der Waals surface area (Å²) in [7, 11) is 3.20. The molecule has 0 radical (unpaired) electrons. The Hall–Kier alpha value is -3.39. The predicted molar refractivity (Wildman–Crippen MR) is 133 cm³/mol. The van der Waals surface area contributed by atoms with Crippen molar-refractivity contribution in [1.82, 2.24) is 20.4 Å². The third-order valence-corrected chi connectivity index (χ3v) is 6.63. The van der Waals surface area contributed by atoms with E-state index in [1.54, 1.807) is 14.2 Å². The number of aryl methyl sites for hydroxylation is 1. The molecule has 1 unspecified atom stereocenters. The standard InChI is InChI=1S/C27H34N4O4/c1-5-22(19-8-6-18(2)7-9-19)28-27(32)20-12-14-31(15-13-20)17-25-29-26(30-35-25)21-10-11-23(33-3)24(16-21)34-4/h6-11,16,20,22H,5,12-15,17H2,1-4H3,(H,28,32). The fourth-order valence-electron chi connectivity index (χ4n) is 4.47. The van der Waals surface area contributed by atoms with Gasteiger partial charge in [0.2, 0.25) is 17.6 Å². The highest BCUT2D eigenvalue weighted by Crippen LogP contribution is 2.31. The molecule has 3 aromatic rings. The maximum atomic E-state index is 12.9. The fourth-order valence-corrected chi connectivity index (χ4v) is 4.47. The Balaban J connectivity index is 1.30. The molecular formula is C27H34N4O4. The third-order valence-electron chi connectivity index (χ3n) is 6.63. The lowest BCUT2D eigenvalue weighted by atomic mass is 9.94. The van der Waals surface area contributed by atoms with Crippen LogP contribution in [0.5, 0.6) is 11.5 Å². The molecule has 1 aliphatic heterocycles. The largest absolute Gasteiger partial charge is 0.493 e. The number of ether oxygens (including phenoxy) is 2. The van der Waals surface area contributed by atoms with Crippen LogP contribution in [0.4, 0.5) is 0 Å². The summed E-state index contributed by atoms with van der Waals surface area (Å²) in [6.45, 7) is 6.37. The fraction of sp³-hybridized carbons (Fsp3) is 0.444. The second kappa shape index (κ2) is 11.4. The van der Waals surface area contributed by atoms with E-state index in [0.717, 1.165) is 43.5 Å². The second-order valence-electron chi connectivity index (χ2n) is 9.01. The van der Waals surface area contributed by atoms with Crippen LogP contribution in [0, 0.1) is 12.8 Å². The lowest BCUT2D eigenvalue weighted by Gasteiger charge is -2.31. The van der Waals surface area contributed by atoms with Gasteiger partial charge in [-0.15, -0.1) is 0 Å². The van der Waals surface area contributed by atoms with Gasteiger partial charge in [-0.3, -0.25) is 9.69 Å². The Kier molecular flexibility index (Phi) is 8.02. The maximum Gasteiger partial charge on any atom is 0.241 e. The van der Waals surface area contributed by atoms with Crippen LogP contribution in [-0.2, 0) is 11.3 Å². The molecule has 8 heteroatoms. The molecule has 1 amide bonds. The van der Waals surface area contributed by atoms with E-state index in [2.05, 4.69) is 58.5 Å². The number of rotatable bonds is 9. The molecule has 8 nitrogen and oxygen atoms in total. The number of benzene rings is 2. The normalized spacial score (nSPS) is 15.5. The maximum absolute atomic E-state index is 12.9. The zero-order valence-electron chi connectivity index (χ0n) is 20.9. The van der Waals surface area contributed by atoms with Crippen molar-refractivity contribution in [3.63, 3.8) is 0 Å². The van der Waals surface area contributed by atoms with Gasteiger partial charge in [0.1, 0.15) is 0 Å². The smallest absolute Gasteiger partial charge is 0.241 e. The lowest BCUT2D eigenvalue weighted by molar-refractivity contribution is -0.127. The van der Waals surface area contributed by atoms with Gasteiger partial charge in [-0.1, -0.05) is 41.9 Å². The van der Waals surface area contributed by atoms with Gasteiger partial charge in [0.25, 0.3) is 0 Å². The molecule has 0 spiro atoms. The van der Waals surface area contributed by atoms with E-state index < -0.39 is 0 Å². The number of likely N-dealkylation sites (tertiary alicyclic amines) is 1. The summed E-state index contributed by atoms with van der Waals surface area (Å²) >= 11 is 0. The van der Waals surface area contributed by atoms with Crippen molar-refractivity contribution in [2.75, 3.05) is 27.3 Å². The summed E-state index contributed by atoms with van der Waals surface area (Å²) in [4.78, 5) is 19.8. The highest BCUT2D eigenvalue weighted by molar-refractivity contribution is 5.79. The predicted octanol–water partition coefficient (Wildman–Crippen LogP) is 4.54. The van der Waals surface area contributed by atoms with Gasteiger partial charge in [-0.25, -0.2) is 0 Å². The molecule has 2 aromatic carbocycles.